The number of nitrogens with one attached hydrogen (secondary N) is 3. The summed E-state index contributed by atoms with van der Waals surface area (Å²) >= 11 is 5.95. The first kappa shape index (κ1) is 14.7. The van der Waals surface area contributed by atoms with Crippen LogP contribution in [0.1, 0.15) is 10.4 Å². The molecule has 3 N–H and O–H groups in total. The third-order valence-corrected chi connectivity index (χ3v) is 3.91. The van der Waals surface area contributed by atoms with E-state index in [1.54, 1.807) is 36.4 Å². The third kappa shape index (κ3) is 3.00. The van der Waals surface area contributed by atoms with Crippen molar-refractivity contribution in [3.05, 3.63) is 47.0 Å². The average molecular weight is 338 g/mol. The Balaban J connectivity index is 2.03. The first-order valence-electron chi connectivity index (χ1n) is 6.31. The minimum Gasteiger partial charge on any atom is -0.353 e. The van der Waals surface area contributed by atoms with Gasteiger partial charge in [0.05, 0.1) is 34.6 Å². The van der Waals surface area contributed by atoms with Crippen molar-refractivity contribution in [2.75, 3.05) is 21.6 Å². The Hall–Kier alpha value is -2.25. The first-order valence-corrected chi connectivity index (χ1v) is 8.58. The molecule has 1 heterocycles. The summed E-state index contributed by atoms with van der Waals surface area (Å²) in [6.07, 6.45) is 1.06. The van der Waals surface area contributed by atoms with Crippen LogP contribution in [-0.4, -0.2) is 20.6 Å². The van der Waals surface area contributed by atoms with Crippen LogP contribution in [0.25, 0.3) is 0 Å². The Labute approximate surface area is 132 Å². The van der Waals surface area contributed by atoms with E-state index in [4.69, 9.17) is 11.6 Å². The van der Waals surface area contributed by atoms with E-state index < -0.39 is 10.0 Å². The molecule has 0 aliphatic carbocycles. The molecule has 22 heavy (non-hydrogen) atoms. The number of hydrogen-bond donors (Lipinski definition) is 3. The molecular formula is C14H12ClN3O3S. The number of carbonyl (C=O) groups is 1. The van der Waals surface area contributed by atoms with Gasteiger partial charge in [0.1, 0.15) is 0 Å². The lowest BCUT2D eigenvalue weighted by atomic mass is 10.1. The second kappa shape index (κ2) is 5.19. The van der Waals surface area contributed by atoms with Gasteiger partial charge in [-0.2, -0.15) is 0 Å². The van der Waals surface area contributed by atoms with Gasteiger partial charge in [-0.15, -0.1) is 0 Å². The maximum Gasteiger partial charge on any atom is 0.257 e. The topological polar surface area (TPSA) is 87.3 Å². The van der Waals surface area contributed by atoms with Crippen LogP contribution < -0.4 is 15.4 Å². The second-order valence-electron chi connectivity index (χ2n) is 4.90. The van der Waals surface area contributed by atoms with Gasteiger partial charge in [0.25, 0.3) is 5.91 Å². The molecule has 1 aliphatic rings. The zero-order chi connectivity index (χ0) is 15.9. The molecule has 0 unspecified atom stereocenters. The number of hydrogen-bond acceptors (Lipinski definition) is 4. The summed E-state index contributed by atoms with van der Waals surface area (Å²) in [5, 5.41) is 6.38. The molecule has 3 rings (SSSR count). The number of rotatable bonds is 2. The largest absolute Gasteiger partial charge is 0.353 e. The molecule has 8 heteroatoms. The minimum absolute atomic E-state index is 0.297. The highest BCUT2D eigenvalue weighted by molar-refractivity contribution is 7.92. The zero-order valence-electron chi connectivity index (χ0n) is 11.5. The lowest BCUT2D eigenvalue weighted by Gasteiger charge is -2.11. The van der Waals surface area contributed by atoms with Gasteiger partial charge in [0, 0.05) is 5.02 Å². The predicted octanol–water partition coefficient (Wildman–Crippen LogP) is 3.02. The minimum atomic E-state index is -3.39. The maximum absolute atomic E-state index is 12.2. The Bertz CT molecular complexity index is 881. The molecule has 0 fully saturated rings. The summed E-state index contributed by atoms with van der Waals surface area (Å²) in [5.74, 6) is -0.297. The molecule has 0 saturated carbocycles. The molecule has 0 spiro atoms. The number of sulfonamides is 1. The first-order chi connectivity index (χ1) is 10.3. The van der Waals surface area contributed by atoms with E-state index >= 15 is 0 Å². The molecule has 114 valence electrons. The Morgan fingerprint density at radius 2 is 1.77 bits per heavy atom. The van der Waals surface area contributed by atoms with Gasteiger partial charge in [-0.05, 0) is 36.4 Å². The van der Waals surface area contributed by atoms with Crippen molar-refractivity contribution in [2.24, 2.45) is 0 Å². The molecule has 0 radical (unpaired) electrons. The summed E-state index contributed by atoms with van der Waals surface area (Å²) in [6.45, 7) is 0. The molecule has 0 aromatic heterocycles. The predicted molar refractivity (Wildman–Crippen MR) is 87.6 cm³/mol. The van der Waals surface area contributed by atoms with Gasteiger partial charge in [-0.1, -0.05) is 11.6 Å². The molecule has 1 amide bonds. The SMILES string of the molecule is CS(=O)(=O)Nc1ccc2c(c1)NC(=O)c1ccc(Cl)cc1N2. The Kier molecular flexibility index (Phi) is 3.46. The van der Waals surface area contributed by atoms with Crippen LogP contribution in [0.4, 0.5) is 22.7 Å². The fourth-order valence-corrected chi connectivity index (χ4v) is 2.91. The van der Waals surface area contributed by atoms with Crippen molar-refractivity contribution in [3.63, 3.8) is 0 Å². The van der Waals surface area contributed by atoms with E-state index in [2.05, 4.69) is 15.4 Å². The summed E-state index contributed by atoms with van der Waals surface area (Å²) in [4.78, 5) is 12.2. The maximum atomic E-state index is 12.2. The van der Waals surface area contributed by atoms with Crippen LogP contribution in [0.15, 0.2) is 36.4 Å². The van der Waals surface area contributed by atoms with Crippen molar-refractivity contribution in [1.29, 1.82) is 0 Å². The fourth-order valence-electron chi connectivity index (χ4n) is 2.19. The summed E-state index contributed by atoms with van der Waals surface area (Å²) in [5.41, 5.74) is 2.54. The third-order valence-electron chi connectivity index (χ3n) is 3.07. The lowest BCUT2D eigenvalue weighted by Crippen LogP contribution is -2.12. The van der Waals surface area contributed by atoms with Gasteiger partial charge in [-0.3, -0.25) is 9.52 Å². The second-order valence-corrected chi connectivity index (χ2v) is 7.09. The van der Waals surface area contributed by atoms with Gasteiger partial charge >= 0.3 is 0 Å². The molecule has 2 aromatic rings. The van der Waals surface area contributed by atoms with Crippen LogP contribution in [0, 0.1) is 0 Å². The molecule has 0 saturated heterocycles. The van der Waals surface area contributed by atoms with Crippen molar-refractivity contribution < 1.29 is 13.2 Å². The van der Waals surface area contributed by atoms with Crippen molar-refractivity contribution >= 4 is 50.3 Å². The molecule has 0 bridgehead atoms. The highest BCUT2D eigenvalue weighted by Crippen LogP contribution is 2.35. The van der Waals surface area contributed by atoms with E-state index in [-0.39, 0.29) is 5.91 Å². The number of fused-ring (bicyclic) bond motifs is 2. The standard InChI is InChI=1S/C14H12ClN3O3S/c1-22(20,21)18-9-3-5-11-13(7-9)17-14(19)10-4-2-8(15)6-12(10)16-11/h2-7,16,18H,1H3,(H,17,19). The van der Waals surface area contributed by atoms with Crippen molar-refractivity contribution in [1.82, 2.24) is 0 Å². The smallest absolute Gasteiger partial charge is 0.257 e. The van der Waals surface area contributed by atoms with E-state index in [0.717, 1.165) is 6.26 Å². The van der Waals surface area contributed by atoms with Crippen LogP contribution >= 0.6 is 11.6 Å². The van der Waals surface area contributed by atoms with Gasteiger partial charge < -0.3 is 10.6 Å². The van der Waals surface area contributed by atoms with E-state index in [9.17, 15) is 13.2 Å². The van der Waals surface area contributed by atoms with Crippen LogP contribution in [-0.2, 0) is 10.0 Å². The van der Waals surface area contributed by atoms with E-state index in [1.807, 2.05) is 0 Å². The normalized spacial score (nSPS) is 13.3. The fraction of sp³-hybridized carbons (Fsp3) is 0.0714. The van der Waals surface area contributed by atoms with E-state index in [1.165, 1.54) is 0 Å². The van der Waals surface area contributed by atoms with Crippen LogP contribution in [0.3, 0.4) is 0 Å². The number of halogens is 1. The van der Waals surface area contributed by atoms with Crippen LogP contribution in [0.5, 0.6) is 0 Å². The van der Waals surface area contributed by atoms with Gasteiger partial charge in [0.2, 0.25) is 10.0 Å². The quantitative estimate of drug-likeness (QED) is 0.786. The average Bonchev–Trinajstić information content (AvgIpc) is 2.52. The molecule has 2 aromatic carbocycles. The summed E-state index contributed by atoms with van der Waals surface area (Å²) < 4.78 is 24.9. The summed E-state index contributed by atoms with van der Waals surface area (Å²) in [6, 6.07) is 9.76. The van der Waals surface area contributed by atoms with Gasteiger partial charge in [0.15, 0.2) is 0 Å². The van der Waals surface area contributed by atoms with Crippen molar-refractivity contribution in [3.8, 4) is 0 Å². The van der Waals surface area contributed by atoms with E-state index in [0.29, 0.717) is 33.3 Å². The molecule has 6 nitrogen and oxygen atoms in total. The number of carbonyl (C=O) groups excluding carboxylic acids is 1. The Morgan fingerprint density at radius 3 is 2.50 bits per heavy atom. The highest BCUT2D eigenvalue weighted by Gasteiger charge is 2.19. The summed E-state index contributed by atoms with van der Waals surface area (Å²) in [7, 11) is -3.39. The number of amides is 1. The lowest BCUT2D eigenvalue weighted by molar-refractivity contribution is 0.102. The monoisotopic (exact) mass is 337 g/mol. The zero-order valence-corrected chi connectivity index (χ0v) is 13.0. The van der Waals surface area contributed by atoms with Crippen molar-refractivity contribution in [2.45, 2.75) is 0 Å². The highest BCUT2D eigenvalue weighted by atomic mass is 35.5. The molecule has 0 atom stereocenters. The molecular weight excluding hydrogens is 326 g/mol. The number of anilines is 4. The Morgan fingerprint density at radius 1 is 1.00 bits per heavy atom. The van der Waals surface area contributed by atoms with Crippen LogP contribution in [0.2, 0.25) is 5.02 Å². The van der Waals surface area contributed by atoms with Gasteiger partial charge in [-0.25, -0.2) is 8.42 Å². The molecule has 1 aliphatic heterocycles. The number of benzene rings is 2.